The zero-order valence-corrected chi connectivity index (χ0v) is 8.05. The number of rotatable bonds is 2. The van der Waals surface area contributed by atoms with Crippen LogP contribution in [0.15, 0.2) is 18.2 Å². The summed E-state index contributed by atoms with van der Waals surface area (Å²) in [6.07, 6.45) is -4.78. The van der Waals surface area contributed by atoms with Crippen LogP contribution in [0.3, 0.4) is 0 Å². The van der Waals surface area contributed by atoms with Gasteiger partial charge in [0.2, 0.25) is 0 Å². The Hall–Kier alpha value is -1.61. The quantitative estimate of drug-likeness (QED) is 0.797. The fraction of sp³-hybridized carbons (Fsp3) is 0.300. The van der Waals surface area contributed by atoms with Gasteiger partial charge in [0, 0.05) is 11.6 Å². The number of halogens is 4. The molecule has 2 N–H and O–H groups in total. The zero-order valence-electron chi connectivity index (χ0n) is 8.05. The van der Waals surface area contributed by atoms with Crippen molar-refractivity contribution in [2.45, 2.75) is 18.6 Å². The maximum atomic E-state index is 13.2. The van der Waals surface area contributed by atoms with Crippen LogP contribution in [0.4, 0.5) is 17.6 Å². The summed E-state index contributed by atoms with van der Waals surface area (Å²) in [5.41, 5.74) is 4.12. The molecular weight excluding hydrogens is 224 g/mol. The van der Waals surface area contributed by atoms with E-state index < -0.39 is 23.6 Å². The van der Waals surface area contributed by atoms with E-state index in [1.54, 1.807) is 6.07 Å². The molecule has 0 amide bonds. The van der Waals surface area contributed by atoms with Crippen molar-refractivity contribution in [3.63, 3.8) is 0 Å². The molecule has 0 saturated heterocycles. The van der Waals surface area contributed by atoms with Crippen molar-refractivity contribution in [2.24, 2.45) is 5.73 Å². The minimum absolute atomic E-state index is 0.238. The van der Waals surface area contributed by atoms with Gasteiger partial charge in [0.15, 0.2) is 0 Å². The van der Waals surface area contributed by atoms with E-state index in [1.165, 1.54) is 0 Å². The highest BCUT2D eigenvalue weighted by Gasteiger charge is 2.31. The summed E-state index contributed by atoms with van der Waals surface area (Å²) in [4.78, 5) is 0. The Balaban J connectivity index is 3.15. The molecule has 2 nitrogen and oxygen atoms in total. The molecule has 0 aliphatic carbocycles. The topological polar surface area (TPSA) is 49.8 Å². The van der Waals surface area contributed by atoms with Gasteiger partial charge in [0.05, 0.1) is 18.1 Å². The normalized spacial score (nSPS) is 13.2. The van der Waals surface area contributed by atoms with Gasteiger partial charge in [-0.2, -0.15) is 18.4 Å². The lowest BCUT2D eigenvalue weighted by Gasteiger charge is -2.13. The smallest absolute Gasteiger partial charge is 0.323 e. The molecule has 0 saturated carbocycles. The van der Waals surface area contributed by atoms with Crippen LogP contribution in [0.2, 0.25) is 0 Å². The fourth-order valence-corrected chi connectivity index (χ4v) is 1.21. The van der Waals surface area contributed by atoms with Gasteiger partial charge in [-0.1, -0.05) is 0 Å². The van der Waals surface area contributed by atoms with Crippen molar-refractivity contribution in [3.05, 3.63) is 35.1 Å². The summed E-state index contributed by atoms with van der Waals surface area (Å²) in [6.45, 7) is 0. The summed E-state index contributed by atoms with van der Waals surface area (Å²) in [6, 6.07) is 2.61. The van der Waals surface area contributed by atoms with Gasteiger partial charge in [-0.25, -0.2) is 4.39 Å². The van der Waals surface area contributed by atoms with E-state index in [1.807, 2.05) is 0 Å². The number of nitriles is 1. The second-order valence-electron chi connectivity index (χ2n) is 3.20. The van der Waals surface area contributed by atoms with Crippen molar-refractivity contribution in [1.82, 2.24) is 0 Å². The Kier molecular flexibility index (Phi) is 3.50. The van der Waals surface area contributed by atoms with Crippen molar-refractivity contribution >= 4 is 0 Å². The van der Waals surface area contributed by atoms with E-state index in [2.05, 4.69) is 0 Å². The van der Waals surface area contributed by atoms with Crippen LogP contribution in [0.5, 0.6) is 0 Å². The van der Waals surface area contributed by atoms with Crippen LogP contribution in [-0.2, 0) is 6.18 Å². The van der Waals surface area contributed by atoms with Gasteiger partial charge >= 0.3 is 6.18 Å². The predicted octanol–water partition coefficient (Wildman–Crippen LogP) is 2.76. The molecule has 86 valence electrons. The van der Waals surface area contributed by atoms with Crippen LogP contribution < -0.4 is 5.73 Å². The standard InChI is InChI=1S/C10H8F4N2/c11-8-2-1-6(10(12,13)14)5-7(8)9(16)3-4-15/h1-2,5,9H,3,16H2. The van der Waals surface area contributed by atoms with E-state index in [4.69, 9.17) is 11.0 Å². The maximum Gasteiger partial charge on any atom is 0.416 e. The van der Waals surface area contributed by atoms with Crippen LogP contribution in [-0.4, -0.2) is 0 Å². The second kappa shape index (κ2) is 4.49. The number of nitrogens with two attached hydrogens (primary N) is 1. The highest BCUT2D eigenvalue weighted by Crippen LogP contribution is 2.31. The highest BCUT2D eigenvalue weighted by atomic mass is 19.4. The molecule has 1 atom stereocenters. The first-order chi connectivity index (χ1) is 7.36. The summed E-state index contributed by atoms with van der Waals surface area (Å²) < 4.78 is 50.1. The Bertz CT molecular complexity index is 420. The Labute approximate surface area is 89.3 Å². The molecule has 0 radical (unpaired) electrons. The third-order valence-electron chi connectivity index (χ3n) is 2.03. The summed E-state index contributed by atoms with van der Waals surface area (Å²) in [7, 11) is 0. The minimum Gasteiger partial charge on any atom is -0.323 e. The highest BCUT2D eigenvalue weighted by molar-refractivity contribution is 5.29. The molecule has 6 heteroatoms. The lowest BCUT2D eigenvalue weighted by molar-refractivity contribution is -0.137. The van der Waals surface area contributed by atoms with Crippen LogP contribution in [0.1, 0.15) is 23.6 Å². The molecule has 0 spiro atoms. The summed E-state index contributed by atoms with van der Waals surface area (Å²) in [5, 5.41) is 8.34. The predicted molar refractivity (Wildman–Crippen MR) is 48.6 cm³/mol. The Morgan fingerprint density at radius 1 is 1.38 bits per heavy atom. The molecule has 1 rings (SSSR count). The molecule has 1 unspecified atom stereocenters. The van der Waals surface area contributed by atoms with Crippen molar-refractivity contribution < 1.29 is 17.6 Å². The monoisotopic (exact) mass is 232 g/mol. The second-order valence-corrected chi connectivity index (χ2v) is 3.20. The van der Waals surface area contributed by atoms with Gasteiger partial charge in [-0.05, 0) is 18.2 Å². The van der Waals surface area contributed by atoms with E-state index >= 15 is 0 Å². The lowest BCUT2D eigenvalue weighted by Crippen LogP contribution is -2.14. The van der Waals surface area contributed by atoms with Crippen molar-refractivity contribution in [1.29, 1.82) is 5.26 Å². The van der Waals surface area contributed by atoms with Gasteiger partial charge < -0.3 is 5.73 Å². The SMILES string of the molecule is N#CCC(N)c1cc(C(F)(F)F)ccc1F. The molecule has 0 heterocycles. The molecule has 0 bridgehead atoms. The van der Waals surface area contributed by atoms with Crippen LogP contribution in [0, 0.1) is 17.1 Å². The molecule has 1 aromatic carbocycles. The first-order valence-corrected chi connectivity index (χ1v) is 4.35. The fourth-order valence-electron chi connectivity index (χ4n) is 1.21. The number of hydrogen-bond donors (Lipinski definition) is 1. The largest absolute Gasteiger partial charge is 0.416 e. The summed E-state index contributed by atoms with van der Waals surface area (Å²) >= 11 is 0. The molecule has 0 aliphatic heterocycles. The number of hydrogen-bond acceptors (Lipinski definition) is 2. The average Bonchev–Trinajstić information content (AvgIpc) is 2.16. The van der Waals surface area contributed by atoms with E-state index in [9.17, 15) is 17.6 Å². The van der Waals surface area contributed by atoms with E-state index in [-0.39, 0.29) is 12.0 Å². The third-order valence-corrected chi connectivity index (χ3v) is 2.03. The van der Waals surface area contributed by atoms with Gasteiger partial charge in [-0.15, -0.1) is 0 Å². The molecule has 0 aliphatic rings. The lowest BCUT2D eigenvalue weighted by atomic mass is 10.0. The molecule has 0 fully saturated rings. The molecule has 16 heavy (non-hydrogen) atoms. The molecule has 1 aromatic rings. The first kappa shape index (κ1) is 12.5. The van der Waals surface area contributed by atoms with Crippen LogP contribution >= 0.6 is 0 Å². The average molecular weight is 232 g/mol. The number of nitrogens with zero attached hydrogens (tertiary/aromatic N) is 1. The number of benzene rings is 1. The third kappa shape index (κ3) is 2.70. The van der Waals surface area contributed by atoms with Gasteiger partial charge in [-0.3, -0.25) is 0 Å². The van der Waals surface area contributed by atoms with Gasteiger partial charge in [0.1, 0.15) is 5.82 Å². The molecular formula is C10H8F4N2. The van der Waals surface area contributed by atoms with Gasteiger partial charge in [0.25, 0.3) is 0 Å². The van der Waals surface area contributed by atoms with Crippen molar-refractivity contribution in [3.8, 4) is 6.07 Å². The van der Waals surface area contributed by atoms with E-state index in [0.717, 1.165) is 0 Å². The molecule has 0 aromatic heterocycles. The maximum absolute atomic E-state index is 13.2. The Morgan fingerprint density at radius 2 is 2.00 bits per heavy atom. The first-order valence-electron chi connectivity index (χ1n) is 4.35. The Morgan fingerprint density at radius 3 is 2.50 bits per heavy atom. The van der Waals surface area contributed by atoms with Crippen LogP contribution in [0.25, 0.3) is 0 Å². The minimum atomic E-state index is -4.55. The zero-order chi connectivity index (χ0) is 12.3. The number of alkyl halides is 3. The van der Waals surface area contributed by atoms with E-state index in [0.29, 0.717) is 18.2 Å². The summed E-state index contributed by atoms with van der Waals surface area (Å²) in [5.74, 6) is -0.837. The van der Waals surface area contributed by atoms with Crippen molar-refractivity contribution in [2.75, 3.05) is 0 Å².